The van der Waals surface area contributed by atoms with Gasteiger partial charge in [-0.05, 0) is 11.6 Å². The number of rotatable bonds is 9. The van der Waals surface area contributed by atoms with Crippen LogP contribution < -0.4 is 5.32 Å². The molecule has 0 atom stereocenters. The van der Waals surface area contributed by atoms with Crippen LogP contribution in [-0.4, -0.2) is 35.7 Å². The Labute approximate surface area is 165 Å². The predicted octanol–water partition coefficient (Wildman–Crippen LogP) is 3.45. The number of ether oxygens (including phenoxy) is 1. The monoisotopic (exact) mass is 408 g/mol. The van der Waals surface area contributed by atoms with E-state index in [4.69, 9.17) is 16.3 Å². The summed E-state index contributed by atoms with van der Waals surface area (Å²) in [6, 6.07) is 13.4. The maximum absolute atomic E-state index is 11.9. The minimum absolute atomic E-state index is 0.0338. The smallest absolute Gasteiger partial charge is 0.340 e. The van der Waals surface area contributed by atoms with Crippen molar-refractivity contribution in [3.63, 3.8) is 0 Å². The summed E-state index contributed by atoms with van der Waals surface area (Å²) in [5, 5.41) is 13.2. The molecule has 0 aliphatic rings. The molecule has 0 bridgehead atoms. The van der Waals surface area contributed by atoms with Crippen LogP contribution in [0.2, 0.25) is 5.02 Å². The molecule has 27 heavy (non-hydrogen) atoms. The van der Waals surface area contributed by atoms with E-state index >= 15 is 0 Å². The highest BCUT2D eigenvalue weighted by molar-refractivity contribution is 7.98. The summed E-state index contributed by atoms with van der Waals surface area (Å²) in [5.41, 5.74) is 0.943. The van der Waals surface area contributed by atoms with Crippen LogP contribution in [0.3, 0.4) is 0 Å². The summed E-state index contributed by atoms with van der Waals surface area (Å²) in [5.74, 6) is 0.331. The molecule has 0 radical (unpaired) electrons. The Bertz CT molecular complexity index is 817. The number of non-ortho nitro benzene ring substituents is 1. The molecule has 0 heterocycles. The Balaban J connectivity index is 1.67. The van der Waals surface area contributed by atoms with Crippen molar-refractivity contribution < 1.29 is 19.2 Å². The summed E-state index contributed by atoms with van der Waals surface area (Å²) < 4.78 is 4.89. The van der Waals surface area contributed by atoms with Gasteiger partial charge in [0.15, 0.2) is 6.61 Å². The molecule has 0 fully saturated rings. The van der Waals surface area contributed by atoms with E-state index in [0.717, 1.165) is 23.6 Å². The summed E-state index contributed by atoms with van der Waals surface area (Å²) in [7, 11) is 0. The Kier molecular flexibility index (Phi) is 8.09. The number of benzene rings is 2. The van der Waals surface area contributed by atoms with Gasteiger partial charge in [0.05, 0.1) is 15.5 Å². The van der Waals surface area contributed by atoms with E-state index < -0.39 is 23.4 Å². The van der Waals surface area contributed by atoms with Gasteiger partial charge in [-0.2, -0.15) is 11.8 Å². The van der Waals surface area contributed by atoms with Gasteiger partial charge in [0.25, 0.3) is 11.6 Å². The Hall–Kier alpha value is -2.58. The molecule has 7 nitrogen and oxygen atoms in total. The van der Waals surface area contributed by atoms with Gasteiger partial charge in [0, 0.05) is 30.2 Å². The Morgan fingerprint density at radius 1 is 1.19 bits per heavy atom. The van der Waals surface area contributed by atoms with Crippen LogP contribution in [0.15, 0.2) is 48.5 Å². The number of amides is 1. The number of nitro groups is 1. The molecule has 1 amide bonds. The first kappa shape index (κ1) is 20.7. The van der Waals surface area contributed by atoms with Crippen molar-refractivity contribution in [2.45, 2.75) is 5.75 Å². The molecule has 2 rings (SSSR count). The highest BCUT2D eigenvalue weighted by Crippen LogP contribution is 2.23. The van der Waals surface area contributed by atoms with Crippen LogP contribution in [0.4, 0.5) is 5.69 Å². The number of nitrogens with zero attached hydrogens (tertiary/aromatic N) is 1. The molecule has 0 saturated carbocycles. The highest BCUT2D eigenvalue weighted by Gasteiger charge is 2.17. The zero-order valence-electron chi connectivity index (χ0n) is 14.2. The fourth-order valence-corrected chi connectivity index (χ4v) is 3.14. The summed E-state index contributed by atoms with van der Waals surface area (Å²) in [4.78, 5) is 33.7. The Morgan fingerprint density at radius 2 is 1.93 bits per heavy atom. The number of nitrogens with one attached hydrogen (secondary N) is 1. The first-order valence-corrected chi connectivity index (χ1v) is 9.50. The topological polar surface area (TPSA) is 98.5 Å². The number of halogens is 1. The number of carbonyl (C=O) groups excluding carboxylic acids is 2. The lowest BCUT2D eigenvalue weighted by molar-refractivity contribution is -0.384. The van der Waals surface area contributed by atoms with Crippen LogP contribution in [-0.2, 0) is 15.3 Å². The predicted molar refractivity (Wildman–Crippen MR) is 104 cm³/mol. The van der Waals surface area contributed by atoms with Crippen LogP contribution in [0.5, 0.6) is 0 Å². The normalized spacial score (nSPS) is 10.3. The van der Waals surface area contributed by atoms with Gasteiger partial charge in [-0.3, -0.25) is 14.9 Å². The molecule has 0 spiro atoms. The lowest BCUT2D eigenvalue weighted by atomic mass is 10.2. The van der Waals surface area contributed by atoms with Gasteiger partial charge >= 0.3 is 5.97 Å². The lowest BCUT2D eigenvalue weighted by Crippen LogP contribution is -2.30. The van der Waals surface area contributed by atoms with Gasteiger partial charge < -0.3 is 10.1 Å². The molecular weight excluding hydrogens is 392 g/mol. The number of nitro benzene ring substituents is 1. The molecule has 9 heteroatoms. The first-order chi connectivity index (χ1) is 13.0. The van der Waals surface area contributed by atoms with Crippen molar-refractivity contribution in [2.75, 3.05) is 18.9 Å². The molecule has 0 aromatic heterocycles. The third kappa shape index (κ3) is 6.92. The lowest BCUT2D eigenvalue weighted by Gasteiger charge is -2.07. The molecule has 2 aromatic carbocycles. The molecule has 1 N–H and O–H groups in total. The number of esters is 1. The van der Waals surface area contributed by atoms with Crippen LogP contribution >= 0.6 is 23.4 Å². The van der Waals surface area contributed by atoms with Gasteiger partial charge in [0.1, 0.15) is 0 Å². The van der Waals surface area contributed by atoms with E-state index in [0.29, 0.717) is 6.54 Å². The van der Waals surface area contributed by atoms with Crippen LogP contribution in [0.25, 0.3) is 0 Å². The Morgan fingerprint density at radius 3 is 2.59 bits per heavy atom. The van der Waals surface area contributed by atoms with E-state index in [1.165, 1.54) is 11.6 Å². The summed E-state index contributed by atoms with van der Waals surface area (Å²) in [6.07, 6.45) is 0. The van der Waals surface area contributed by atoms with Crippen molar-refractivity contribution in [3.8, 4) is 0 Å². The second-order valence-electron chi connectivity index (χ2n) is 5.39. The van der Waals surface area contributed by atoms with Crippen molar-refractivity contribution in [1.82, 2.24) is 5.32 Å². The van der Waals surface area contributed by atoms with E-state index in [2.05, 4.69) is 5.32 Å². The second-order valence-corrected chi connectivity index (χ2v) is 6.90. The third-order valence-electron chi connectivity index (χ3n) is 3.40. The van der Waals surface area contributed by atoms with E-state index in [-0.39, 0.29) is 16.3 Å². The zero-order chi connectivity index (χ0) is 19.6. The summed E-state index contributed by atoms with van der Waals surface area (Å²) >= 11 is 7.52. The van der Waals surface area contributed by atoms with Gasteiger partial charge in [-0.25, -0.2) is 4.79 Å². The molecule has 0 aliphatic carbocycles. The average molecular weight is 409 g/mol. The third-order valence-corrected chi connectivity index (χ3v) is 4.74. The fraction of sp³-hybridized carbons (Fsp3) is 0.222. The number of carbonyl (C=O) groups is 2. The van der Waals surface area contributed by atoms with Gasteiger partial charge in [0.2, 0.25) is 0 Å². The number of hydrogen-bond donors (Lipinski definition) is 1. The molecular formula is C18H17ClN2O5S. The average Bonchev–Trinajstić information content (AvgIpc) is 2.66. The maximum atomic E-state index is 11.9. The molecule has 0 aliphatic heterocycles. The van der Waals surface area contributed by atoms with E-state index in [1.54, 1.807) is 11.8 Å². The standard InChI is InChI=1S/C18H17ClN2O5S/c19-16-10-14(21(24)25)6-7-15(16)18(23)26-11-17(22)20-8-9-27-12-13-4-2-1-3-5-13/h1-7,10H,8-9,11-12H2,(H,20,22). The maximum Gasteiger partial charge on any atom is 0.340 e. The minimum atomic E-state index is -0.816. The quantitative estimate of drug-likeness (QED) is 0.295. The number of hydrogen-bond acceptors (Lipinski definition) is 6. The van der Waals surface area contributed by atoms with E-state index in [9.17, 15) is 19.7 Å². The van der Waals surface area contributed by atoms with Crippen molar-refractivity contribution in [1.29, 1.82) is 0 Å². The largest absolute Gasteiger partial charge is 0.452 e. The minimum Gasteiger partial charge on any atom is -0.452 e. The molecule has 142 valence electrons. The highest BCUT2D eigenvalue weighted by atomic mass is 35.5. The van der Waals surface area contributed by atoms with Crippen LogP contribution in [0.1, 0.15) is 15.9 Å². The van der Waals surface area contributed by atoms with Gasteiger partial charge in [-0.15, -0.1) is 0 Å². The SMILES string of the molecule is O=C(COC(=O)c1ccc([N+](=O)[O-])cc1Cl)NCCSCc1ccccc1. The zero-order valence-corrected chi connectivity index (χ0v) is 15.8. The number of thioether (sulfide) groups is 1. The van der Waals surface area contributed by atoms with Crippen molar-refractivity contribution >= 4 is 40.9 Å². The molecule has 0 unspecified atom stereocenters. The van der Waals surface area contributed by atoms with Crippen LogP contribution in [0, 0.1) is 10.1 Å². The summed E-state index contributed by atoms with van der Waals surface area (Å²) in [6.45, 7) is 0.00166. The van der Waals surface area contributed by atoms with Gasteiger partial charge in [-0.1, -0.05) is 41.9 Å². The first-order valence-electron chi connectivity index (χ1n) is 7.97. The fourth-order valence-electron chi connectivity index (χ4n) is 2.07. The van der Waals surface area contributed by atoms with E-state index in [1.807, 2.05) is 30.3 Å². The second kappa shape index (κ2) is 10.5. The van der Waals surface area contributed by atoms with Crippen molar-refractivity contribution in [2.24, 2.45) is 0 Å². The molecule has 2 aromatic rings. The van der Waals surface area contributed by atoms with Crippen molar-refractivity contribution in [3.05, 3.63) is 74.8 Å². The molecule has 0 saturated heterocycles.